The molecule has 0 radical (unpaired) electrons. The Bertz CT molecular complexity index is 976. The van der Waals surface area contributed by atoms with Crippen molar-refractivity contribution in [2.75, 3.05) is 11.1 Å². The summed E-state index contributed by atoms with van der Waals surface area (Å²) in [5.74, 6) is 0.0805. The minimum absolute atomic E-state index is 0.0764. The maximum atomic E-state index is 12.2. The van der Waals surface area contributed by atoms with Crippen LogP contribution in [0.2, 0.25) is 0 Å². The predicted octanol–water partition coefficient (Wildman–Crippen LogP) is 3.34. The summed E-state index contributed by atoms with van der Waals surface area (Å²) < 4.78 is 2.14. The summed E-state index contributed by atoms with van der Waals surface area (Å²) in [6.07, 6.45) is 0. The summed E-state index contributed by atoms with van der Waals surface area (Å²) in [6.45, 7) is 3.99. The van der Waals surface area contributed by atoms with E-state index in [1.54, 1.807) is 7.05 Å². The Labute approximate surface area is 147 Å². The minimum atomic E-state index is -0.117. The molecule has 5 nitrogen and oxygen atoms in total. The summed E-state index contributed by atoms with van der Waals surface area (Å²) in [4.78, 5) is 28.9. The number of anilines is 1. The fraction of sp³-hybridized carbons (Fsp3) is 0.235. The molecule has 1 aromatic carbocycles. The molecule has 0 aliphatic rings. The van der Waals surface area contributed by atoms with Crippen molar-refractivity contribution in [3.05, 3.63) is 51.1 Å². The molecule has 24 heavy (non-hydrogen) atoms. The van der Waals surface area contributed by atoms with Crippen molar-refractivity contribution in [2.45, 2.75) is 19.0 Å². The number of amides is 1. The van der Waals surface area contributed by atoms with Crippen LogP contribution < -0.4 is 10.9 Å². The van der Waals surface area contributed by atoms with Crippen LogP contribution in [0.1, 0.15) is 11.1 Å². The van der Waals surface area contributed by atoms with Crippen LogP contribution in [0.3, 0.4) is 0 Å². The van der Waals surface area contributed by atoms with E-state index in [-0.39, 0.29) is 17.2 Å². The molecule has 0 saturated carbocycles. The highest BCUT2D eigenvalue weighted by atomic mass is 32.2. The van der Waals surface area contributed by atoms with Gasteiger partial charge in [-0.3, -0.25) is 14.2 Å². The zero-order valence-electron chi connectivity index (χ0n) is 13.6. The van der Waals surface area contributed by atoms with Gasteiger partial charge in [0, 0.05) is 12.7 Å². The van der Waals surface area contributed by atoms with Gasteiger partial charge in [0.25, 0.3) is 5.56 Å². The average Bonchev–Trinajstić information content (AvgIpc) is 3.02. The molecule has 0 atom stereocenters. The first kappa shape index (κ1) is 16.7. The van der Waals surface area contributed by atoms with Crippen molar-refractivity contribution >= 4 is 44.9 Å². The van der Waals surface area contributed by atoms with E-state index in [0.29, 0.717) is 15.4 Å². The maximum absolute atomic E-state index is 12.2. The smallest absolute Gasteiger partial charge is 0.271 e. The van der Waals surface area contributed by atoms with E-state index in [1.165, 1.54) is 27.7 Å². The van der Waals surface area contributed by atoms with Gasteiger partial charge in [0.2, 0.25) is 5.91 Å². The summed E-state index contributed by atoms with van der Waals surface area (Å²) in [5, 5.41) is 5.31. The lowest BCUT2D eigenvalue weighted by molar-refractivity contribution is -0.113. The molecule has 124 valence electrons. The number of carbonyl (C=O) groups is 1. The van der Waals surface area contributed by atoms with Crippen LogP contribution >= 0.6 is 23.1 Å². The summed E-state index contributed by atoms with van der Waals surface area (Å²) in [7, 11) is 1.68. The molecule has 0 fully saturated rings. The molecule has 0 saturated heterocycles. The van der Waals surface area contributed by atoms with E-state index in [4.69, 9.17) is 0 Å². The average molecular weight is 359 g/mol. The SMILES string of the molecule is Cc1cccc(NC(=O)CSc2nc3ccsc3c(=O)n2C)c1C. The molecule has 0 aliphatic heterocycles. The van der Waals surface area contributed by atoms with Crippen LogP contribution in [-0.2, 0) is 11.8 Å². The van der Waals surface area contributed by atoms with Gasteiger partial charge in [-0.1, -0.05) is 23.9 Å². The van der Waals surface area contributed by atoms with Crippen LogP contribution in [0.5, 0.6) is 0 Å². The van der Waals surface area contributed by atoms with Crippen molar-refractivity contribution in [3.63, 3.8) is 0 Å². The largest absolute Gasteiger partial charge is 0.325 e. The Morgan fingerprint density at radius 1 is 1.33 bits per heavy atom. The molecule has 0 aliphatic carbocycles. The van der Waals surface area contributed by atoms with Crippen LogP contribution in [-0.4, -0.2) is 21.2 Å². The van der Waals surface area contributed by atoms with Crippen molar-refractivity contribution in [1.82, 2.24) is 9.55 Å². The molecule has 1 amide bonds. The van der Waals surface area contributed by atoms with Crippen LogP contribution in [0, 0.1) is 13.8 Å². The predicted molar refractivity (Wildman–Crippen MR) is 100 cm³/mol. The highest BCUT2D eigenvalue weighted by molar-refractivity contribution is 7.99. The van der Waals surface area contributed by atoms with Crippen molar-refractivity contribution in [1.29, 1.82) is 0 Å². The fourth-order valence-corrected chi connectivity index (χ4v) is 3.88. The topological polar surface area (TPSA) is 64.0 Å². The molecule has 0 spiro atoms. The first-order chi connectivity index (χ1) is 11.5. The van der Waals surface area contributed by atoms with Gasteiger partial charge in [0.15, 0.2) is 5.16 Å². The monoisotopic (exact) mass is 359 g/mol. The normalized spacial score (nSPS) is 11.0. The second-order valence-electron chi connectivity index (χ2n) is 5.48. The number of fused-ring (bicyclic) bond motifs is 1. The molecule has 3 aromatic rings. The summed E-state index contributed by atoms with van der Waals surface area (Å²) in [6, 6.07) is 7.63. The molecule has 7 heteroatoms. The van der Waals surface area contributed by atoms with Gasteiger partial charge >= 0.3 is 0 Å². The van der Waals surface area contributed by atoms with Crippen LogP contribution in [0.15, 0.2) is 39.6 Å². The second-order valence-corrected chi connectivity index (χ2v) is 7.34. The van der Waals surface area contributed by atoms with E-state index < -0.39 is 0 Å². The Balaban J connectivity index is 1.74. The molecule has 0 bridgehead atoms. The third-order valence-electron chi connectivity index (χ3n) is 3.86. The number of aryl methyl sites for hydroxylation is 1. The third-order valence-corrected chi connectivity index (χ3v) is 5.78. The second kappa shape index (κ2) is 6.78. The van der Waals surface area contributed by atoms with Gasteiger partial charge in [0.05, 0.1) is 11.3 Å². The zero-order chi connectivity index (χ0) is 17.3. The standard InChI is InChI=1S/C17H17N3O2S2/c1-10-5-4-6-12(11(10)2)18-14(21)9-24-17-19-13-7-8-23-15(13)16(22)20(17)3/h4-8H,9H2,1-3H3,(H,18,21). The molecule has 1 N–H and O–H groups in total. The zero-order valence-corrected chi connectivity index (χ0v) is 15.3. The molecular weight excluding hydrogens is 342 g/mol. The van der Waals surface area contributed by atoms with E-state index in [9.17, 15) is 9.59 Å². The number of aromatic nitrogens is 2. The lowest BCUT2D eigenvalue weighted by atomic mass is 10.1. The molecule has 3 rings (SSSR count). The number of thiophene rings is 1. The van der Waals surface area contributed by atoms with Gasteiger partial charge in [-0.25, -0.2) is 4.98 Å². The van der Waals surface area contributed by atoms with Gasteiger partial charge in [-0.2, -0.15) is 0 Å². The number of nitrogens with zero attached hydrogens (tertiary/aromatic N) is 2. The summed E-state index contributed by atoms with van der Waals surface area (Å²) >= 11 is 2.64. The first-order valence-electron chi connectivity index (χ1n) is 7.40. The Kier molecular flexibility index (Phi) is 4.73. The Morgan fingerprint density at radius 3 is 2.92 bits per heavy atom. The van der Waals surface area contributed by atoms with Gasteiger partial charge in [0.1, 0.15) is 4.70 Å². The summed E-state index contributed by atoms with van der Waals surface area (Å²) in [5.41, 5.74) is 3.61. The number of hydrogen-bond donors (Lipinski definition) is 1. The number of benzene rings is 1. The Morgan fingerprint density at radius 2 is 2.12 bits per heavy atom. The van der Waals surface area contributed by atoms with Crippen LogP contribution in [0.25, 0.3) is 10.2 Å². The highest BCUT2D eigenvalue weighted by Gasteiger charge is 2.12. The minimum Gasteiger partial charge on any atom is -0.325 e. The first-order valence-corrected chi connectivity index (χ1v) is 9.27. The van der Waals surface area contributed by atoms with Gasteiger partial charge in [-0.05, 0) is 42.5 Å². The van der Waals surface area contributed by atoms with Gasteiger partial charge in [-0.15, -0.1) is 11.3 Å². The molecular formula is C17H17N3O2S2. The number of rotatable bonds is 4. The van der Waals surface area contributed by atoms with E-state index in [2.05, 4.69) is 10.3 Å². The van der Waals surface area contributed by atoms with E-state index in [0.717, 1.165) is 16.8 Å². The van der Waals surface area contributed by atoms with Crippen molar-refractivity contribution in [3.8, 4) is 0 Å². The lowest BCUT2D eigenvalue weighted by Gasteiger charge is -2.11. The van der Waals surface area contributed by atoms with E-state index >= 15 is 0 Å². The Hall–Kier alpha value is -2.12. The number of thioether (sulfide) groups is 1. The van der Waals surface area contributed by atoms with Crippen LogP contribution in [0.4, 0.5) is 5.69 Å². The van der Waals surface area contributed by atoms with Crippen molar-refractivity contribution < 1.29 is 4.79 Å². The third kappa shape index (κ3) is 3.22. The molecule has 0 unspecified atom stereocenters. The number of hydrogen-bond acceptors (Lipinski definition) is 5. The quantitative estimate of drug-likeness (QED) is 0.573. The number of nitrogens with one attached hydrogen (secondary N) is 1. The van der Waals surface area contributed by atoms with Crippen molar-refractivity contribution in [2.24, 2.45) is 7.05 Å². The van der Waals surface area contributed by atoms with E-state index in [1.807, 2.05) is 43.5 Å². The maximum Gasteiger partial charge on any atom is 0.271 e. The molecule has 2 aromatic heterocycles. The number of carbonyl (C=O) groups excluding carboxylic acids is 1. The van der Waals surface area contributed by atoms with Gasteiger partial charge < -0.3 is 5.32 Å². The molecule has 2 heterocycles. The lowest BCUT2D eigenvalue weighted by Crippen LogP contribution is -2.20. The fourth-order valence-electron chi connectivity index (χ4n) is 2.30. The highest BCUT2D eigenvalue weighted by Crippen LogP contribution is 2.21.